The van der Waals surface area contributed by atoms with Crippen molar-refractivity contribution in [2.24, 2.45) is 5.92 Å². The molecule has 0 bridgehead atoms. The van der Waals surface area contributed by atoms with Gasteiger partial charge in [0.25, 0.3) is 0 Å². The van der Waals surface area contributed by atoms with Crippen LogP contribution in [0.2, 0.25) is 0 Å². The van der Waals surface area contributed by atoms with Gasteiger partial charge in [-0.05, 0) is 19.3 Å². The highest BCUT2D eigenvalue weighted by atomic mass is 16.3. The van der Waals surface area contributed by atoms with E-state index < -0.39 is 0 Å². The lowest BCUT2D eigenvalue weighted by Crippen LogP contribution is -1.90. The molecule has 0 amide bonds. The van der Waals surface area contributed by atoms with Crippen LogP contribution in [0.15, 0.2) is 0 Å². The molecule has 0 heterocycles. The first-order valence-electron chi connectivity index (χ1n) is 4.43. The molecule has 0 saturated heterocycles. The van der Waals surface area contributed by atoms with E-state index >= 15 is 0 Å². The zero-order valence-electron chi connectivity index (χ0n) is 8.75. The van der Waals surface area contributed by atoms with Crippen LogP contribution in [0.3, 0.4) is 0 Å². The lowest BCUT2D eigenvalue weighted by molar-refractivity contribution is 0.248. The average molecular weight is 180 g/mol. The van der Waals surface area contributed by atoms with Gasteiger partial charge in [0.05, 0.1) is 0 Å². The third kappa shape index (κ3) is 93.9. The first kappa shape index (κ1) is 17.8. The summed E-state index contributed by atoms with van der Waals surface area (Å²) >= 11 is 0. The molecule has 0 aromatic heterocycles. The van der Waals surface area contributed by atoms with E-state index in [1.165, 1.54) is 0 Å². The van der Waals surface area contributed by atoms with Crippen molar-refractivity contribution in [1.29, 1.82) is 0 Å². The maximum atomic E-state index is 8.14. The number of aliphatic hydroxyl groups is 3. The van der Waals surface area contributed by atoms with Gasteiger partial charge in [-0.2, -0.15) is 0 Å². The quantitative estimate of drug-likeness (QED) is 0.594. The first-order valence-corrected chi connectivity index (χ1v) is 4.43. The van der Waals surface area contributed by atoms with Crippen molar-refractivity contribution >= 4 is 0 Å². The Labute approximate surface area is 76.1 Å². The summed E-state index contributed by atoms with van der Waals surface area (Å²) in [5.74, 6) is 0.440. The zero-order chi connectivity index (χ0) is 10.4. The molecule has 12 heavy (non-hydrogen) atoms. The first-order chi connectivity index (χ1) is 5.60. The predicted molar refractivity (Wildman–Crippen MR) is 52.1 cm³/mol. The van der Waals surface area contributed by atoms with Gasteiger partial charge in [0.2, 0.25) is 0 Å². The molecule has 0 rings (SSSR count). The minimum absolute atomic E-state index is 0.250. The van der Waals surface area contributed by atoms with Gasteiger partial charge in [0.1, 0.15) is 0 Å². The van der Waals surface area contributed by atoms with Gasteiger partial charge >= 0.3 is 0 Å². The molecule has 0 aliphatic rings. The molecule has 0 aliphatic heterocycles. The second kappa shape index (κ2) is 22.4. The van der Waals surface area contributed by atoms with Crippen molar-refractivity contribution in [3.8, 4) is 0 Å². The van der Waals surface area contributed by atoms with Crippen molar-refractivity contribution in [1.82, 2.24) is 0 Å². The Bertz CT molecular complexity index is 45.0. The van der Waals surface area contributed by atoms with Gasteiger partial charge in [-0.1, -0.05) is 20.8 Å². The summed E-state index contributed by atoms with van der Waals surface area (Å²) in [6.45, 7) is 8.43. The zero-order valence-corrected chi connectivity index (χ0v) is 8.75. The predicted octanol–water partition coefficient (Wildman–Crippen LogP) is 1.02. The summed E-state index contributed by atoms with van der Waals surface area (Å²) in [5.41, 5.74) is 0. The molecule has 0 aromatic rings. The Balaban J connectivity index is -0.000000105. The van der Waals surface area contributed by atoms with E-state index in [4.69, 9.17) is 15.3 Å². The Kier molecular flexibility index (Phi) is 33.3. The summed E-state index contributed by atoms with van der Waals surface area (Å²) in [7, 11) is 0. The van der Waals surface area contributed by atoms with Crippen molar-refractivity contribution in [2.75, 3.05) is 19.8 Å². The second-order valence-corrected chi connectivity index (χ2v) is 2.62. The fourth-order valence-electron chi connectivity index (χ4n) is 0. The van der Waals surface area contributed by atoms with E-state index in [0.29, 0.717) is 19.1 Å². The largest absolute Gasteiger partial charge is 0.397 e. The second-order valence-electron chi connectivity index (χ2n) is 2.62. The van der Waals surface area contributed by atoms with E-state index in [-0.39, 0.29) is 6.61 Å². The van der Waals surface area contributed by atoms with E-state index in [1.54, 1.807) is 6.92 Å². The molecule has 0 atom stereocenters. The van der Waals surface area contributed by atoms with Crippen molar-refractivity contribution in [3.63, 3.8) is 0 Å². The summed E-state index contributed by atoms with van der Waals surface area (Å²) < 4.78 is 0. The number of aliphatic hydroxyl groups excluding tert-OH is 3. The molecular formula is C9H24O3. The molecular weight excluding hydrogens is 156 g/mol. The molecule has 0 saturated carbocycles. The lowest BCUT2D eigenvalue weighted by atomic mass is 10.2. The van der Waals surface area contributed by atoms with Crippen LogP contribution in [0.5, 0.6) is 0 Å². The molecule has 0 spiro atoms. The Morgan fingerprint density at radius 1 is 1.00 bits per heavy atom. The van der Waals surface area contributed by atoms with Crippen molar-refractivity contribution < 1.29 is 15.3 Å². The third-order valence-corrected chi connectivity index (χ3v) is 0.589. The monoisotopic (exact) mass is 180 g/mol. The highest BCUT2D eigenvalue weighted by Gasteiger charge is 1.81. The van der Waals surface area contributed by atoms with Crippen LogP contribution in [-0.4, -0.2) is 35.1 Å². The maximum Gasteiger partial charge on any atom is 0.0453 e. The van der Waals surface area contributed by atoms with Crippen LogP contribution < -0.4 is 0 Å². The van der Waals surface area contributed by atoms with E-state index in [9.17, 15) is 0 Å². The van der Waals surface area contributed by atoms with Gasteiger partial charge in [-0.3, -0.25) is 0 Å². The Morgan fingerprint density at radius 2 is 1.17 bits per heavy atom. The van der Waals surface area contributed by atoms with Crippen LogP contribution in [-0.2, 0) is 0 Å². The molecule has 3 heteroatoms. The highest BCUT2D eigenvalue weighted by molar-refractivity contribution is 4.32. The number of hydrogen-bond acceptors (Lipinski definition) is 3. The molecule has 3 nitrogen and oxygen atoms in total. The highest BCUT2D eigenvalue weighted by Crippen LogP contribution is 1.83. The molecule has 3 N–H and O–H groups in total. The molecule has 0 aromatic carbocycles. The molecule has 0 fully saturated rings. The maximum absolute atomic E-state index is 8.14. The fraction of sp³-hybridized carbons (Fsp3) is 1.00. The van der Waals surface area contributed by atoms with Gasteiger partial charge < -0.3 is 15.3 Å². The fourth-order valence-corrected chi connectivity index (χ4v) is 0. The van der Waals surface area contributed by atoms with E-state index in [2.05, 4.69) is 0 Å². The molecule has 78 valence electrons. The number of hydrogen-bond donors (Lipinski definition) is 3. The van der Waals surface area contributed by atoms with Gasteiger partial charge in [0.15, 0.2) is 0 Å². The third-order valence-electron chi connectivity index (χ3n) is 0.589. The Morgan fingerprint density at radius 3 is 1.17 bits per heavy atom. The van der Waals surface area contributed by atoms with Crippen LogP contribution >= 0.6 is 0 Å². The van der Waals surface area contributed by atoms with Crippen LogP contribution in [0.4, 0.5) is 0 Å². The summed E-state index contributed by atoms with van der Waals surface area (Å²) in [6.07, 6.45) is 0.875. The molecule has 0 unspecified atom stereocenters. The van der Waals surface area contributed by atoms with Crippen LogP contribution in [0.25, 0.3) is 0 Å². The topological polar surface area (TPSA) is 60.7 Å². The smallest absolute Gasteiger partial charge is 0.0453 e. The normalized spacial score (nSPS) is 8.00. The summed E-state index contributed by atoms with van der Waals surface area (Å²) in [5, 5.41) is 23.6. The standard InChI is InChI=1S/C4H10O.C3H8O.C2H6O/c1-4(2)3-5;1-2-3-4;1-2-3/h4-5H,3H2,1-2H3;4H,2-3H2,1H3;3H,2H2,1H3. The average Bonchev–Trinajstić information content (AvgIpc) is 2.06. The minimum atomic E-state index is 0.250. The number of rotatable bonds is 2. The van der Waals surface area contributed by atoms with Gasteiger partial charge in [0, 0.05) is 19.8 Å². The van der Waals surface area contributed by atoms with Crippen LogP contribution in [0, 0.1) is 5.92 Å². The van der Waals surface area contributed by atoms with Crippen molar-refractivity contribution in [3.05, 3.63) is 0 Å². The summed E-state index contributed by atoms with van der Waals surface area (Å²) in [4.78, 5) is 0. The minimum Gasteiger partial charge on any atom is -0.397 e. The molecule has 0 radical (unpaired) electrons. The van der Waals surface area contributed by atoms with E-state index in [0.717, 1.165) is 6.42 Å². The SMILES string of the molecule is CC(C)CO.CCCO.CCO. The van der Waals surface area contributed by atoms with E-state index in [1.807, 2.05) is 20.8 Å². The molecule has 0 aliphatic carbocycles. The van der Waals surface area contributed by atoms with Gasteiger partial charge in [-0.25, -0.2) is 0 Å². The Hall–Kier alpha value is -0.120. The summed E-state index contributed by atoms with van der Waals surface area (Å²) in [6, 6.07) is 0. The lowest BCUT2D eigenvalue weighted by Gasteiger charge is -1.90. The van der Waals surface area contributed by atoms with Crippen LogP contribution in [0.1, 0.15) is 34.1 Å². The van der Waals surface area contributed by atoms with Gasteiger partial charge in [-0.15, -0.1) is 0 Å². The van der Waals surface area contributed by atoms with Crippen molar-refractivity contribution in [2.45, 2.75) is 34.1 Å².